The summed E-state index contributed by atoms with van der Waals surface area (Å²) in [4.78, 5) is 24.7. The number of carboxylic acids is 1. The van der Waals surface area contributed by atoms with Crippen LogP contribution in [0.3, 0.4) is 0 Å². The summed E-state index contributed by atoms with van der Waals surface area (Å²) in [5.41, 5.74) is 0.943. The summed E-state index contributed by atoms with van der Waals surface area (Å²) in [5.74, 6) is -1.01. The van der Waals surface area contributed by atoms with E-state index < -0.39 is 5.97 Å². The van der Waals surface area contributed by atoms with Gasteiger partial charge in [0.1, 0.15) is 4.32 Å². The Hall–Kier alpha value is -1.60. The average molecular weight is 310 g/mol. The van der Waals surface area contributed by atoms with Crippen molar-refractivity contribution in [2.75, 3.05) is 6.54 Å². The smallest absolute Gasteiger partial charge is 0.303 e. The molecule has 0 aliphatic carbocycles. The summed E-state index contributed by atoms with van der Waals surface area (Å²) in [6, 6.07) is 1.91. The Bertz CT molecular complexity index is 592. The van der Waals surface area contributed by atoms with Crippen molar-refractivity contribution in [3.05, 3.63) is 28.9 Å². The molecule has 106 valence electrons. The number of carbonyl (C=O) groups is 2. The van der Waals surface area contributed by atoms with E-state index in [1.54, 1.807) is 6.08 Å². The molecule has 0 spiro atoms. The van der Waals surface area contributed by atoms with E-state index in [9.17, 15) is 9.59 Å². The van der Waals surface area contributed by atoms with Gasteiger partial charge in [0, 0.05) is 32.4 Å². The standard InChI is InChI=1S/C13H14N2O3S2/c1-14-6-4-9(8-14)7-10-12(18)15(13(19)20-10)5-2-3-11(16)17/h4,6-8H,2-3,5H2,1H3,(H,16,17)/b10-7+. The van der Waals surface area contributed by atoms with Crippen molar-refractivity contribution in [1.82, 2.24) is 9.47 Å². The Morgan fingerprint density at radius 1 is 1.55 bits per heavy atom. The quantitative estimate of drug-likeness (QED) is 0.666. The first kappa shape index (κ1) is 14.8. The van der Waals surface area contributed by atoms with E-state index in [1.165, 1.54) is 16.7 Å². The Balaban J connectivity index is 2.04. The number of aromatic nitrogens is 1. The zero-order valence-electron chi connectivity index (χ0n) is 10.9. The second kappa shape index (κ2) is 6.23. The number of aliphatic carboxylic acids is 1. The van der Waals surface area contributed by atoms with Gasteiger partial charge in [-0.15, -0.1) is 0 Å². The van der Waals surface area contributed by atoms with E-state index in [0.717, 1.165) is 5.56 Å². The summed E-state index contributed by atoms with van der Waals surface area (Å²) in [5, 5.41) is 8.61. The molecule has 1 aromatic heterocycles. The van der Waals surface area contributed by atoms with Gasteiger partial charge in [-0.2, -0.15) is 0 Å². The largest absolute Gasteiger partial charge is 0.481 e. The highest BCUT2D eigenvalue weighted by atomic mass is 32.2. The molecule has 7 heteroatoms. The molecule has 1 aliphatic heterocycles. The molecule has 1 fully saturated rings. The Morgan fingerprint density at radius 2 is 2.30 bits per heavy atom. The first-order valence-electron chi connectivity index (χ1n) is 6.06. The fraction of sp³-hybridized carbons (Fsp3) is 0.308. The molecule has 1 amide bonds. The van der Waals surface area contributed by atoms with Crippen molar-refractivity contribution in [1.29, 1.82) is 0 Å². The first-order valence-corrected chi connectivity index (χ1v) is 7.29. The van der Waals surface area contributed by atoms with Gasteiger partial charge in [-0.05, 0) is 24.1 Å². The highest BCUT2D eigenvalue weighted by Crippen LogP contribution is 2.32. The molecule has 0 atom stereocenters. The van der Waals surface area contributed by atoms with Gasteiger partial charge in [-0.1, -0.05) is 24.0 Å². The average Bonchev–Trinajstić information content (AvgIpc) is 2.88. The van der Waals surface area contributed by atoms with E-state index in [0.29, 0.717) is 22.2 Å². The fourth-order valence-electron chi connectivity index (χ4n) is 1.84. The highest BCUT2D eigenvalue weighted by molar-refractivity contribution is 8.26. The van der Waals surface area contributed by atoms with Gasteiger partial charge in [0.25, 0.3) is 5.91 Å². The minimum absolute atomic E-state index is 0.0365. The number of amides is 1. The third-order valence-corrected chi connectivity index (χ3v) is 4.18. The molecule has 5 nitrogen and oxygen atoms in total. The molecule has 1 aromatic rings. The predicted molar refractivity (Wildman–Crippen MR) is 82.2 cm³/mol. The summed E-state index contributed by atoms with van der Waals surface area (Å²) in [6.45, 7) is 0.350. The highest BCUT2D eigenvalue weighted by Gasteiger charge is 2.31. The maximum absolute atomic E-state index is 12.2. The predicted octanol–water partition coefficient (Wildman–Crippen LogP) is 2.09. The molecule has 0 unspecified atom stereocenters. The van der Waals surface area contributed by atoms with Crippen molar-refractivity contribution in [2.24, 2.45) is 7.05 Å². The lowest BCUT2D eigenvalue weighted by molar-refractivity contribution is -0.137. The third-order valence-electron chi connectivity index (χ3n) is 2.80. The van der Waals surface area contributed by atoms with Crippen LogP contribution < -0.4 is 0 Å². The topological polar surface area (TPSA) is 62.5 Å². The minimum Gasteiger partial charge on any atom is -0.481 e. The van der Waals surface area contributed by atoms with Crippen LogP contribution in [0.25, 0.3) is 6.08 Å². The maximum Gasteiger partial charge on any atom is 0.303 e. The number of thioether (sulfide) groups is 1. The molecule has 0 radical (unpaired) electrons. The monoisotopic (exact) mass is 310 g/mol. The number of aryl methyl sites for hydroxylation is 1. The Labute approximate surface area is 126 Å². The van der Waals surface area contributed by atoms with Crippen molar-refractivity contribution in [3.8, 4) is 0 Å². The molecule has 0 saturated carbocycles. The number of hydrogen-bond donors (Lipinski definition) is 1. The van der Waals surface area contributed by atoms with Crippen molar-refractivity contribution in [2.45, 2.75) is 12.8 Å². The summed E-state index contributed by atoms with van der Waals surface area (Å²) in [7, 11) is 1.91. The number of nitrogens with zero attached hydrogens (tertiary/aromatic N) is 2. The van der Waals surface area contributed by atoms with Crippen LogP contribution in [0.1, 0.15) is 18.4 Å². The van der Waals surface area contributed by atoms with Gasteiger partial charge in [0.05, 0.1) is 4.91 Å². The van der Waals surface area contributed by atoms with Gasteiger partial charge in [-0.3, -0.25) is 14.5 Å². The molecule has 1 aliphatic rings. The summed E-state index contributed by atoms with van der Waals surface area (Å²) < 4.78 is 2.39. The number of hydrogen-bond acceptors (Lipinski definition) is 4. The lowest BCUT2D eigenvalue weighted by atomic mass is 10.2. The molecule has 2 rings (SSSR count). The van der Waals surface area contributed by atoms with Crippen molar-refractivity contribution in [3.63, 3.8) is 0 Å². The van der Waals surface area contributed by atoms with Gasteiger partial charge in [0.15, 0.2) is 0 Å². The summed E-state index contributed by atoms with van der Waals surface area (Å²) in [6.07, 6.45) is 6.06. The van der Waals surface area contributed by atoms with Crippen LogP contribution in [-0.2, 0) is 16.6 Å². The molecule has 0 bridgehead atoms. The van der Waals surface area contributed by atoms with Crippen LogP contribution in [0.15, 0.2) is 23.4 Å². The van der Waals surface area contributed by atoms with E-state index in [1.807, 2.05) is 30.1 Å². The normalized spacial score (nSPS) is 17.2. The van der Waals surface area contributed by atoms with E-state index in [-0.39, 0.29) is 12.3 Å². The molecular formula is C13H14N2O3S2. The SMILES string of the molecule is Cn1ccc(/C=C2/SC(=S)N(CCCC(=O)O)C2=O)c1. The zero-order valence-corrected chi connectivity index (χ0v) is 12.5. The lowest BCUT2D eigenvalue weighted by Gasteiger charge is -2.13. The fourth-order valence-corrected chi connectivity index (χ4v) is 3.15. The Morgan fingerprint density at radius 3 is 2.90 bits per heavy atom. The number of thiocarbonyl (C=S) groups is 1. The Kier molecular flexibility index (Phi) is 4.61. The number of carbonyl (C=O) groups excluding carboxylic acids is 1. The van der Waals surface area contributed by atoms with Crippen molar-refractivity contribution >= 4 is 46.3 Å². The van der Waals surface area contributed by atoms with Crippen LogP contribution in [-0.4, -0.2) is 37.3 Å². The molecule has 1 saturated heterocycles. The number of carboxylic acid groups (broad SMARTS) is 1. The van der Waals surface area contributed by atoms with Crippen LogP contribution in [0.4, 0.5) is 0 Å². The van der Waals surface area contributed by atoms with Gasteiger partial charge >= 0.3 is 5.97 Å². The second-order valence-electron chi connectivity index (χ2n) is 4.44. The molecular weight excluding hydrogens is 296 g/mol. The third kappa shape index (κ3) is 3.49. The van der Waals surface area contributed by atoms with Crippen LogP contribution in [0.5, 0.6) is 0 Å². The van der Waals surface area contributed by atoms with Crippen LogP contribution in [0, 0.1) is 0 Å². The van der Waals surface area contributed by atoms with E-state index >= 15 is 0 Å². The first-order chi connectivity index (χ1) is 9.47. The van der Waals surface area contributed by atoms with Gasteiger partial charge in [-0.25, -0.2) is 0 Å². The van der Waals surface area contributed by atoms with Gasteiger partial charge < -0.3 is 9.67 Å². The van der Waals surface area contributed by atoms with Crippen LogP contribution >= 0.6 is 24.0 Å². The number of rotatable bonds is 5. The minimum atomic E-state index is -0.865. The molecule has 1 N–H and O–H groups in total. The molecule has 2 heterocycles. The molecule has 0 aromatic carbocycles. The molecule has 20 heavy (non-hydrogen) atoms. The van der Waals surface area contributed by atoms with Crippen molar-refractivity contribution < 1.29 is 14.7 Å². The summed E-state index contributed by atoms with van der Waals surface area (Å²) >= 11 is 6.43. The van der Waals surface area contributed by atoms with Gasteiger partial charge in [0.2, 0.25) is 0 Å². The van der Waals surface area contributed by atoms with E-state index in [2.05, 4.69) is 0 Å². The lowest BCUT2D eigenvalue weighted by Crippen LogP contribution is -2.29. The van der Waals surface area contributed by atoms with Crippen LogP contribution in [0.2, 0.25) is 0 Å². The zero-order chi connectivity index (χ0) is 14.7. The second-order valence-corrected chi connectivity index (χ2v) is 6.12. The maximum atomic E-state index is 12.2. The van der Waals surface area contributed by atoms with E-state index in [4.69, 9.17) is 17.3 Å².